The minimum absolute atomic E-state index is 0.400. The molecular formula is C18H28O2. The Bertz CT molecular complexity index is 429. The van der Waals surface area contributed by atoms with Crippen molar-refractivity contribution in [2.75, 3.05) is 7.11 Å². The van der Waals surface area contributed by atoms with Crippen LogP contribution in [0.4, 0.5) is 0 Å². The third-order valence-electron chi connectivity index (χ3n) is 4.70. The highest BCUT2D eigenvalue weighted by Gasteiger charge is 2.42. The van der Waals surface area contributed by atoms with E-state index in [9.17, 15) is 5.11 Å². The molecule has 0 spiro atoms. The maximum Gasteiger partial charge on any atom is 0.108 e. The average Bonchev–Trinajstić information content (AvgIpc) is 2.47. The quantitative estimate of drug-likeness (QED) is 0.870. The van der Waals surface area contributed by atoms with Crippen molar-refractivity contribution in [3.8, 4) is 0 Å². The highest BCUT2D eigenvalue weighted by atomic mass is 16.5. The van der Waals surface area contributed by atoms with Crippen molar-refractivity contribution in [3.05, 3.63) is 35.4 Å². The zero-order valence-electron chi connectivity index (χ0n) is 13.1. The predicted molar refractivity (Wildman–Crippen MR) is 82.8 cm³/mol. The van der Waals surface area contributed by atoms with Crippen LogP contribution in [0.2, 0.25) is 0 Å². The third kappa shape index (κ3) is 3.24. The summed E-state index contributed by atoms with van der Waals surface area (Å²) in [5.41, 5.74) is 1.91. The highest BCUT2D eigenvalue weighted by Crippen LogP contribution is 2.43. The molecule has 1 aliphatic carbocycles. The van der Waals surface area contributed by atoms with E-state index in [-0.39, 0.29) is 0 Å². The molecular weight excluding hydrogens is 248 g/mol. The largest absolute Gasteiger partial charge is 0.385 e. The summed E-state index contributed by atoms with van der Waals surface area (Å²) in [4.78, 5) is 0. The number of aryl methyl sites for hydroxylation is 1. The van der Waals surface area contributed by atoms with E-state index in [4.69, 9.17) is 4.74 Å². The lowest BCUT2D eigenvalue weighted by molar-refractivity contribution is -0.134. The van der Waals surface area contributed by atoms with Crippen LogP contribution in [-0.2, 0) is 11.2 Å². The zero-order valence-corrected chi connectivity index (χ0v) is 13.1. The van der Waals surface area contributed by atoms with E-state index in [0.29, 0.717) is 5.92 Å². The summed E-state index contributed by atoms with van der Waals surface area (Å²) >= 11 is 0. The maximum absolute atomic E-state index is 10.9. The molecule has 3 atom stereocenters. The monoisotopic (exact) mass is 276 g/mol. The van der Waals surface area contributed by atoms with Gasteiger partial charge in [0.2, 0.25) is 0 Å². The number of methoxy groups -OCH3 is 1. The average molecular weight is 276 g/mol. The van der Waals surface area contributed by atoms with Gasteiger partial charge in [-0.15, -0.1) is 0 Å². The molecule has 0 heterocycles. The Morgan fingerprint density at radius 3 is 2.90 bits per heavy atom. The summed E-state index contributed by atoms with van der Waals surface area (Å²) in [7, 11) is 1.75. The molecule has 112 valence electrons. The second kappa shape index (κ2) is 6.73. The molecule has 0 radical (unpaired) electrons. The fourth-order valence-corrected chi connectivity index (χ4v) is 3.60. The van der Waals surface area contributed by atoms with E-state index in [2.05, 4.69) is 32.0 Å². The van der Waals surface area contributed by atoms with Gasteiger partial charge in [-0.2, -0.15) is 0 Å². The van der Waals surface area contributed by atoms with Crippen LogP contribution in [0.1, 0.15) is 63.2 Å². The Labute approximate surface area is 123 Å². The van der Waals surface area contributed by atoms with Crippen LogP contribution in [0.15, 0.2) is 24.3 Å². The van der Waals surface area contributed by atoms with Crippen molar-refractivity contribution in [1.82, 2.24) is 0 Å². The summed E-state index contributed by atoms with van der Waals surface area (Å²) in [6.07, 6.45) is 5.96. The van der Waals surface area contributed by atoms with Crippen LogP contribution >= 0.6 is 0 Å². The molecule has 1 saturated carbocycles. The number of rotatable bonds is 5. The van der Waals surface area contributed by atoms with E-state index >= 15 is 0 Å². The molecule has 3 unspecified atom stereocenters. The SMILES string of the molecule is CCCc1cccc(C(O)C2(OC)CCCC(C)C2)c1. The predicted octanol–water partition coefficient (Wildman–Crippen LogP) is 4.27. The van der Waals surface area contributed by atoms with Gasteiger partial charge in [-0.05, 0) is 36.3 Å². The van der Waals surface area contributed by atoms with Crippen molar-refractivity contribution < 1.29 is 9.84 Å². The first-order chi connectivity index (χ1) is 9.61. The van der Waals surface area contributed by atoms with Crippen molar-refractivity contribution in [1.29, 1.82) is 0 Å². The fourth-order valence-electron chi connectivity index (χ4n) is 3.60. The fraction of sp³-hybridized carbons (Fsp3) is 0.667. The smallest absolute Gasteiger partial charge is 0.108 e. The van der Waals surface area contributed by atoms with Crippen LogP contribution in [0.25, 0.3) is 0 Å². The van der Waals surface area contributed by atoms with Gasteiger partial charge in [0.15, 0.2) is 0 Å². The lowest BCUT2D eigenvalue weighted by atomic mass is 9.74. The molecule has 1 N–H and O–H groups in total. The van der Waals surface area contributed by atoms with Crippen molar-refractivity contribution >= 4 is 0 Å². The van der Waals surface area contributed by atoms with Crippen LogP contribution in [0.3, 0.4) is 0 Å². The molecule has 0 aromatic heterocycles. The van der Waals surface area contributed by atoms with Gasteiger partial charge in [-0.1, -0.05) is 57.4 Å². The normalized spacial score (nSPS) is 28.3. The lowest BCUT2D eigenvalue weighted by Gasteiger charge is -2.42. The molecule has 0 bridgehead atoms. The Morgan fingerprint density at radius 2 is 2.25 bits per heavy atom. The highest BCUT2D eigenvalue weighted by molar-refractivity contribution is 5.27. The Morgan fingerprint density at radius 1 is 1.45 bits per heavy atom. The first kappa shape index (κ1) is 15.5. The maximum atomic E-state index is 10.9. The molecule has 0 saturated heterocycles. The zero-order chi connectivity index (χ0) is 14.6. The molecule has 2 nitrogen and oxygen atoms in total. The standard InChI is InChI=1S/C18H28O2/c1-4-7-15-9-5-10-16(12-15)17(19)18(20-3)11-6-8-14(2)13-18/h5,9-10,12,14,17,19H,4,6-8,11,13H2,1-3H3. The van der Waals surface area contributed by atoms with Gasteiger partial charge in [0.25, 0.3) is 0 Å². The summed E-state index contributed by atoms with van der Waals surface area (Å²) in [5, 5.41) is 10.9. The number of aliphatic hydroxyl groups excluding tert-OH is 1. The van der Waals surface area contributed by atoms with Crippen LogP contribution < -0.4 is 0 Å². The molecule has 1 aromatic carbocycles. The molecule has 1 aliphatic rings. The molecule has 0 aliphatic heterocycles. The van der Waals surface area contributed by atoms with Gasteiger partial charge in [0.1, 0.15) is 6.10 Å². The number of aliphatic hydroxyl groups is 1. The molecule has 0 amide bonds. The summed E-state index contributed by atoms with van der Waals surface area (Å²) in [6, 6.07) is 8.37. The molecule has 2 heteroatoms. The summed E-state index contributed by atoms with van der Waals surface area (Å²) in [5.74, 6) is 0.622. The Balaban J connectivity index is 2.23. The number of ether oxygens (including phenoxy) is 1. The number of benzene rings is 1. The topological polar surface area (TPSA) is 29.5 Å². The van der Waals surface area contributed by atoms with E-state index in [1.165, 1.54) is 12.0 Å². The van der Waals surface area contributed by atoms with E-state index in [1.807, 2.05) is 6.07 Å². The first-order valence-electron chi connectivity index (χ1n) is 7.93. The number of hydrogen-bond donors (Lipinski definition) is 1. The Hall–Kier alpha value is -0.860. The van der Waals surface area contributed by atoms with E-state index in [0.717, 1.165) is 37.7 Å². The first-order valence-corrected chi connectivity index (χ1v) is 7.93. The van der Waals surface area contributed by atoms with Gasteiger partial charge in [0, 0.05) is 7.11 Å². The minimum Gasteiger partial charge on any atom is -0.385 e. The molecule has 1 fully saturated rings. The van der Waals surface area contributed by atoms with E-state index in [1.54, 1.807) is 7.11 Å². The second-order valence-corrected chi connectivity index (χ2v) is 6.37. The molecule has 20 heavy (non-hydrogen) atoms. The lowest BCUT2D eigenvalue weighted by Crippen LogP contribution is -2.42. The van der Waals surface area contributed by atoms with Crippen molar-refractivity contribution in [3.63, 3.8) is 0 Å². The van der Waals surface area contributed by atoms with Gasteiger partial charge in [-0.25, -0.2) is 0 Å². The molecule has 2 rings (SSSR count). The van der Waals surface area contributed by atoms with Gasteiger partial charge < -0.3 is 9.84 Å². The van der Waals surface area contributed by atoms with Crippen LogP contribution in [0, 0.1) is 5.92 Å². The second-order valence-electron chi connectivity index (χ2n) is 6.37. The third-order valence-corrected chi connectivity index (χ3v) is 4.70. The van der Waals surface area contributed by atoms with Crippen molar-refractivity contribution in [2.24, 2.45) is 5.92 Å². The number of hydrogen-bond acceptors (Lipinski definition) is 2. The van der Waals surface area contributed by atoms with Gasteiger partial charge >= 0.3 is 0 Å². The summed E-state index contributed by atoms with van der Waals surface area (Å²) < 4.78 is 5.82. The van der Waals surface area contributed by atoms with Crippen molar-refractivity contribution in [2.45, 2.75) is 64.1 Å². The Kier molecular flexibility index (Phi) is 5.22. The van der Waals surface area contributed by atoms with Gasteiger partial charge in [-0.3, -0.25) is 0 Å². The molecule has 1 aromatic rings. The van der Waals surface area contributed by atoms with Gasteiger partial charge in [0.05, 0.1) is 5.60 Å². The summed E-state index contributed by atoms with van der Waals surface area (Å²) in [6.45, 7) is 4.44. The van der Waals surface area contributed by atoms with Crippen LogP contribution in [0.5, 0.6) is 0 Å². The minimum atomic E-state index is -0.521. The van der Waals surface area contributed by atoms with Crippen LogP contribution in [-0.4, -0.2) is 17.8 Å². The van der Waals surface area contributed by atoms with E-state index < -0.39 is 11.7 Å².